The van der Waals surface area contributed by atoms with Gasteiger partial charge in [0.2, 0.25) is 5.91 Å². The zero-order valence-electron chi connectivity index (χ0n) is 10.9. The molecule has 0 spiro atoms. The Morgan fingerprint density at radius 1 is 1.40 bits per heavy atom. The van der Waals surface area contributed by atoms with E-state index in [1.165, 1.54) is 4.88 Å². The number of nitriles is 1. The van der Waals surface area contributed by atoms with Crippen molar-refractivity contribution in [1.82, 2.24) is 0 Å². The number of rotatable bonds is 5. The van der Waals surface area contributed by atoms with Gasteiger partial charge in [-0.3, -0.25) is 4.79 Å². The van der Waals surface area contributed by atoms with E-state index < -0.39 is 0 Å². The first-order chi connectivity index (χ1) is 9.69. The third-order valence-corrected chi connectivity index (χ3v) is 3.78. The van der Waals surface area contributed by atoms with E-state index in [0.717, 1.165) is 12.8 Å². The van der Waals surface area contributed by atoms with E-state index in [1.807, 2.05) is 17.5 Å². The van der Waals surface area contributed by atoms with Crippen molar-refractivity contribution in [2.45, 2.75) is 19.3 Å². The van der Waals surface area contributed by atoms with Gasteiger partial charge < -0.3 is 11.1 Å². The molecule has 102 valence electrons. The summed E-state index contributed by atoms with van der Waals surface area (Å²) in [5, 5.41) is 13.8. The van der Waals surface area contributed by atoms with Crippen molar-refractivity contribution in [3.8, 4) is 6.07 Å². The van der Waals surface area contributed by atoms with Crippen LogP contribution in [0.2, 0.25) is 0 Å². The van der Waals surface area contributed by atoms with Gasteiger partial charge in [0.05, 0.1) is 11.3 Å². The van der Waals surface area contributed by atoms with E-state index in [-0.39, 0.29) is 5.91 Å². The molecule has 0 unspecified atom stereocenters. The SMILES string of the molecule is N#Cc1cc(N)ccc1NC(=O)CCCc1cccs1. The number of carbonyl (C=O) groups is 1. The second-order valence-corrected chi connectivity index (χ2v) is 5.43. The number of nitrogen functional groups attached to an aromatic ring is 1. The maximum atomic E-state index is 11.8. The number of benzene rings is 1. The van der Waals surface area contributed by atoms with E-state index in [2.05, 4.69) is 11.4 Å². The number of anilines is 2. The van der Waals surface area contributed by atoms with Gasteiger partial charge in [-0.2, -0.15) is 5.26 Å². The molecular formula is C15H15N3OS. The van der Waals surface area contributed by atoms with Crippen molar-refractivity contribution in [3.05, 3.63) is 46.2 Å². The Morgan fingerprint density at radius 2 is 2.25 bits per heavy atom. The zero-order chi connectivity index (χ0) is 14.4. The highest BCUT2D eigenvalue weighted by Crippen LogP contribution is 2.18. The van der Waals surface area contributed by atoms with Crippen LogP contribution in [0, 0.1) is 11.3 Å². The minimum atomic E-state index is -0.0807. The summed E-state index contributed by atoms with van der Waals surface area (Å²) >= 11 is 1.70. The Bertz CT molecular complexity index is 629. The van der Waals surface area contributed by atoms with Crippen molar-refractivity contribution in [1.29, 1.82) is 5.26 Å². The largest absolute Gasteiger partial charge is 0.399 e. The maximum Gasteiger partial charge on any atom is 0.224 e. The molecule has 0 aliphatic heterocycles. The minimum Gasteiger partial charge on any atom is -0.399 e. The third-order valence-electron chi connectivity index (χ3n) is 2.85. The Hall–Kier alpha value is -2.32. The quantitative estimate of drug-likeness (QED) is 0.828. The summed E-state index contributed by atoms with van der Waals surface area (Å²) in [6.07, 6.45) is 2.13. The van der Waals surface area contributed by atoms with Crippen LogP contribution in [0.3, 0.4) is 0 Å². The fraction of sp³-hybridized carbons (Fsp3) is 0.200. The van der Waals surface area contributed by atoms with E-state index in [1.54, 1.807) is 29.5 Å². The van der Waals surface area contributed by atoms with Gasteiger partial charge in [-0.25, -0.2) is 0 Å². The Kier molecular flexibility index (Phi) is 4.75. The van der Waals surface area contributed by atoms with Gasteiger partial charge in [0.15, 0.2) is 0 Å². The van der Waals surface area contributed by atoms with Crippen LogP contribution in [-0.4, -0.2) is 5.91 Å². The van der Waals surface area contributed by atoms with Crippen molar-refractivity contribution < 1.29 is 4.79 Å². The summed E-state index contributed by atoms with van der Waals surface area (Å²) in [5.41, 5.74) is 7.02. The summed E-state index contributed by atoms with van der Waals surface area (Å²) in [6.45, 7) is 0. The summed E-state index contributed by atoms with van der Waals surface area (Å²) in [7, 11) is 0. The van der Waals surface area contributed by atoms with Gasteiger partial charge in [0.25, 0.3) is 0 Å². The average molecular weight is 285 g/mol. The number of hydrogen-bond donors (Lipinski definition) is 2. The Labute approximate surface area is 121 Å². The van der Waals surface area contributed by atoms with Crippen LogP contribution >= 0.6 is 11.3 Å². The molecule has 0 fully saturated rings. The van der Waals surface area contributed by atoms with Crippen LogP contribution < -0.4 is 11.1 Å². The standard InChI is InChI=1S/C15H15N3OS/c16-10-11-9-12(17)6-7-14(11)18-15(19)5-1-3-13-4-2-8-20-13/h2,4,6-9H,1,3,5,17H2,(H,18,19). The number of thiophene rings is 1. The van der Waals surface area contributed by atoms with Crippen LogP contribution in [-0.2, 0) is 11.2 Å². The number of amides is 1. The lowest BCUT2D eigenvalue weighted by Crippen LogP contribution is -2.12. The molecule has 0 atom stereocenters. The lowest BCUT2D eigenvalue weighted by molar-refractivity contribution is -0.116. The van der Waals surface area contributed by atoms with Gasteiger partial charge in [-0.1, -0.05) is 6.07 Å². The predicted molar refractivity (Wildman–Crippen MR) is 81.5 cm³/mol. The molecule has 1 amide bonds. The first-order valence-corrected chi connectivity index (χ1v) is 7.19. The van der Waals surface area contributed by atoms with Crippen LogP contribution in [0.4, 0.5) is 11.4 Å². The highest BCUT2D eigenvalue weighted by molar-refractivity contribution is 7.09. The molecule has 1 aromatic carbocycles. The van der Waals surface area contributed by atoms with Crippen molar-refractivity contribution in [2.24, 2.45) is 0 Å². The molecule has 5 heteroatoms. The zero-order valence-corrected chi connectivity index (χ0v) is 11.7. The van der Waals surface area contributed by atoms with Crippen molar-refractivity contribution in [3.63, 3.8) is 0 Å². The molecule has 2 rings (SSSR count). The van der Waals surface area contributed by atoms with Gasteiger partial charge in [-0.05, 0) is 42.5 Å². The average Bonchev–Trinajstić information content (AvgIpc) is 2.94. The van der Waals surface area contributed by atoms with Gasteiger partial charge in [0.1, 0.15) is 6.07 Å². The molecule has 3 N–H and O–H groups in total. The lowest BCUT2D eigenvalue weighted by atomic mass is 10.1. The molecule has 0 bridgehead atoms. The van der Waals surface area contributed by atoms with Crippen LogP contribution in [0.5, 0.6) is 0 Å². The number of carbonyl (C=O) groups excluding carboxylic acids is 1. The Balaban J connectivity index is 1.87. The summed E-state index contributed by atoms with van der Waals surface area (Å²) in [5.74, 6) is -0.0807. The normalized spacial score (nSPS) is 9.95. The number of nitrogens with zero attached hydrogens (tertiary/aromatic N) is 1. The van der Waals surface area contributed by atoms with Crippen LogP contribution in [0.25, 0.3) is 0 Å². The lowest BCUT2D eigenvalue weighted by Gasteiger charge is -2.07. The number of nitrogens with two attached hydrogens (primary N) is 1. The number of nitrogens with one attached hydrogen (secondary N) is 1. The second-order valence-electron chi connectivity index (χ2n) is 4.40. The topological polar surface area (TPSA) is 78.9 Å². The monoisotopic (exact) mass is 285 g/mol. The second kappa shape index (κ2) is 6.73. The summed E-state index contributed by atoms with van der Waals surface area (Å²) < 4.78 is 0. The van der Waals surface area contributed by atoms with Crippen LogP contribution in [0.15, 0.2) is 35.7 Å². The van der Waals surface area contributed by atoms with Crippen molar-refractivity contribution in [2.75, 3.05) is 11.1 Å². The third kappa shape index (κ3) is 3.84. The first kappa shape index (κ1) is 14.1. The summed E-state index contributed by atoms with van der Waals surface area (Å²) in [6, 6.07) is 11.0. The molecule has 1 heterocycles. The molecule has 1 aromatic heterocycles. The fourth-order valence-electron chi connectivity index (χ4n) is 1.85. The van der Waals surface area contributed by atoms with Gasteiger partial charge in [-0.15, -0.1) is 11.3 Å². The van der Waals surface area contributed by atoms with Crippen LogP contribution in [0.1, 0.15) is 23.3 Å². The molecule has 0 saturated heterocycles. The smallest absolute Gasteiger partial charge is 0.224 e. The van der Waals surface area contributed by atoms with E-state index >= 15 is 0 Å². The van der Waals surface area contributed by atoms with E-state index in [0.29, 0.717) is 23.4 Å². The maximum absolute atomic E-state index is 11.8. The fourth-order valence-corrected chi connectivity index (χ4v) is 2.61. The molecule has 0 saturated carbocycles. The number of hydrogen-bond acceptors (Lipinski definition) is 4. The molecule has 0 radical (unpaired) electrons. The number of aryl methyl sites for hydroxylation is 1. The molecule has 0 aliphatic carbocycles. The highest BCUT2D eigenvalue weighted by Gasteiger charge is 2.07. The molecular weight excluding hydrogens is 270 g/mol. The first-order valence-electron chi connectivity index (χ1n) is 6.31. The van der Waals surface area contributed by atoms with E-state index in [9.17, 15) is 4.79 Å². The van der Waals surface area contributed by atoms with Crippen molar-refractivity contribution >= 4 is 28.6 Å². The molecule has 0 aliphatic rings. The molecule has 4 nitrogen and oxygen atoms in total. The predicted octanol–water partition coefficient (Wildman–Crippen LogP) is 3.16. The molecule has 2 aromatic rings. The minimum absolute atomic E-state index is 0.0807. The highest BCUT2D eigenvalue weighted by atomic mass is 32.1. The Morgan fingerprint density at radius 3 is 2.95 bits per heavy atom. The van der Waals surface area contributed by atoms with Gasteiger partial charge >= 0.3 is 0 Å². The summed E-state index contributed by atoms with van der Waals surface area (Å²) in [4.78, 5) is 13.1. The van der Waals surface area contributed by atoms with Gasteiger partial charge in [0, 0.05) is 17.0 Å². The van der Waals surface area contributed by atoms with E-state index in [4.69, 9.17) is 11.0 Å². The molecule has 20 heavy (non-hydrogen) atoms.